The van der Waals surface area contributed by atoms with Crippen LogP contribution in [0.25, 0.3) is 0 Å². The Bertz CT molecular complexity index is 680. The topological polar surface area (TPSA) is 57.6 Å². The van der Waals surface area contributed by atoms with Crippen LogP contribution in [0.4, 0.5) is 0 Å². The molecule has 2 rings (SSSR count). The molecular weight excluding hydrogens is 302 g/mol. The Labute approximate surface area is 142 Å². The molecule has 0 bridgehead atoms. The molecule has 0 aliphatic heterocycles. The third kappa shape index (κ3) is 4.69. The van der Waals surface area contributed by atoms with Gasteiger partial charge in [-0.1, -0.05) is 49.4 Å². The van der Waals surface area contributed by atoms with Crippen LogP contribution < -0.4 is 0 Å². The number of rotatable bonds is 7. The third-order valence-electron chi connectivity index (χ3n) is 4.28. The number of aromatic carboxylic acids is 1. The summed E-state index contributed by atoms with van der Waals surface area (Å²) in [6, 6.07) is 16.8. The summed E-state index contributed by atoms with van der Waals surface area (Å²) in [5.74, 6) is -0.917. The highest BCUT2D eigenvalue weighted by Gasteiger charge is 2.19. The molecule has 0 aromatic heterocycles. The Balaban J connectivity index is 2.00. The predicted molar refractivity (Wildman–Crippen MR) is 94.1 cm³/mol. The van der Waals surface area contributed by atoms with Crippen LogP contribution in [0.15, 0.2) is 54.6 Å². The molecule has 126 valence electrons. The molecule has 2 aromatic carbocycles. The van der Waals surface area contributed by atoms with Crippen molar-refractivity contribution in [3.8, 4) is 0 Å². The van der Waals surface area contributed by atoms with Crippen LogP contribution in [0.5, 0.6) is 0 Å². The van der Waals surface area contributed by atoms with Crippen LogP contribution in [0, 0.1) is 0 Å². The average Bonchev–Trinajstić information content (AvgIpc) is 2.60. The molecule has 0 spiro atoms. The molecule has 2 aromatic rings. The largest absolute Gasteiger partial charge is 0.478 e. The van der Waals surface area contributed by atoms with Gasteiger partial charge in [-0.05, 0) is 36.1 Å². The third-order valence-corrected chi connectivity index (χ3v) is 4.28. The van der Waals surface area contributed by atoms with Crippen molar-refractivity contribution in [2.24, 2.45) is 0 Å². The first-order chi connectivity index (χ1) is 11.5. The van der Waals surface area contributed by atoms with Gasteiger partial charge in [-0.2, -0.15) is 0 Å². The van der Waals surface area contributed by atoms with Gasteiger partial charge in [0.15, 0.2) is 0 Å². The summed E-state index contributed by atoms with van der Waals surface area (Å²) in [5, 5.41) is 8.92. The smallest absolute Gasteiger partial charge is 0.335 e. The van der Waals surface area contributed by atoms with E-state index in [1.807, 2.05) is 25.2 Å². The maximum Gasteiger partial charge on any atom is 0.335 e. The van der Waals surface area contributed by atoms with E-state index in [4.69, 9.17) is 5.11 Å². The number of carboxylic acids is 1. The Hall–Kier alpha value is -2.62. The molecule has 4 heteroatoms. The van der Waals surface area contributed by atoms with Crippen LogP contribution in [0.1, 0.15) is 34.8 Å². The van der Waals surface area contributed by atoms with Gasteiger partial charge in [0.2, 0.25) is 5.91 Å². The van der Waals surface area contributed by atoms with Crippen LogP contribution in [-0.2, 0) is 17.6 Å². The maximum atomic E-state index is 12.5. The summed E-state index contributed by atoms with van der Waals surface area (Å²) < 4.78 is 0. The van der Waals surface area contributed by atoms with E-state index in [0.29, 0.717) is 0 Å². The molecule has 1 N–H and O–H groups in total. The molecule has 0 aliphatic rings. The van der Waals surface area contributed by atoms with E-state index in [-0.39, 0.29) is 23.9 Å². The summed E-state index contributed by atoms with van der Waals surface area (Å²) in [4.78, 5) is 25.2. The Morgan fingerprint density at radius 3 is 2.17 bits per heavy atom. The first-order valence-corrected chi connectivity index (χ1v) is 8.13. The van der Waals surface area contributed by atoms with E-state index < -0.39 is 5.97 Å². The zero-order valence-corrected chi connectivity index (χ0v) is 14.1. The summed E-state index contributed by atoms with van der Waals surface area (Å²) >= 11 is 0. The fraction of sp³-hybridized carbons (Fsp3) is 0.300. The number of hydrogen-bond acceptors (Lipinski definition) is 2. The van der Waals surface area contributed by atoms with Gasteiger partial charge in [0.05, 0.1) is 12.0 Å². The van der Waals surface area contributed by atoms with Crippen molar-refractivity contribution >= 4 is 11.9 Å². The van der Waals surface area contributed by atoms with Crippen molar-refractivity contribution in [3.05, 3.63) is 71.3 Å². The minimum absolute atomic E-state index is 0.0425. The van der Waals surface area contributed by atoms with Gasteiger partial charge < -0.3 is 10.0 Å². The average molecular weight is 325 g/mol. The van der Waals surface area contributed by atoms with E-state index in [0.717, 1.165) is 18.4 Å². The van der Waals surface area contributed by atoms with Gasteiger partial charge >= 0.3 is 5.97 Å². The molecule has 1 amide bonds. The first-order valence-electron chi connectivity index (χ1n) is 8.13. The number of carboxylic acid groups (broad SMARTS) is 1. The molecule has 0 heterocycles. The fourth-order valence-electron chi connectivity index (χ4n) is 2.71. The lowest BCUT2D eigenvalue weighted by molar-refractivity contribution is -0.131. The molecule has 4 nitrogen and oxygen atoms in total. The second kappa shape index (κ2) is 8.29. The van der Waals surface area contributed by atoms with Crippen LogP contribution >= 0.6 is 0 Å². The maximum absolute atomic E-state index is 12.5. The highest BCUT2D eigenvalue weighted by atomic mass is 16.4. The quantitative estimate of drug-likeness (QED) is 0.849. The summed E-state index contributed by atoms with van der Waals surface area (Å²) in [6.45, 7) is 2.08. The highest BCUT2D eigenvalue weighted by molar-refractivity contribution is 5.87. The minimum atomic E-state index is -0.959. The predicted octanol–water partition coefficient (Wildman–Crippen LogP) is 3.41. The molecule has 0 saturated carbocycles. The van der Waals surface area contributed by atoms with Crippen molar-refractivity contribution < 1.29 is 14.7 Å². The van der Waals surface area contributed by atoms with Crippen molar-refractivity contribution in [2.75, 3.05) is 7.05 Å². The van der Waals surface area contributed by atoms with E-state index >= 15 is 0 Å². The molecule has 1 atom stereocenters. The zero-order valence-electron chi connectivity index (χ0n) is 14.1. The molecular formula is C20H23NO3. The van der Waals surface area contributed by atoms with Crippen molar-refractivity contribution in [2.45, 2.75) is 32.2 Å². The van der Waals surface area contributed by atoms with Gasteiger partial charge in [0, 0.05) is 13.1 Å². The molecule has 0 fully saturated rings. The molecule has 1 unspecified atom stereocenters. The van der Waals surface area contributed by atoms with Gasteiger partial charge in [-0.25, -0.2) is 4.79 Å². The molecule has 24 heavy (non-hydrogen) atoms. The molecule has 0 aliphatic carbocycles. The lowest BCUT2D eigenvalue weighted by Gasteiger charge is -2.27. The van der Waals surface area contributed by atoms with Gasteiger partial charge in [0.1, 0.15) is 0 Å². The van der Waals surface area contributed by atoms with E-state index in [1.165, 1.54) is 17.7 Å². The Morgan fingerprint density at radius 1 is 1.00 bits per heavy atom. The van der Waals surface area contributed by atoms with E-state index in [2.05, 4.69) is 19.1 Å². The number of carbonyl (C=O) groups is 2. The molecule has 0 saturated heterocycles. The SMILES string of the molecule is CCC(Cc1ccccc1)N(C)C(=O)Cc1ccc(C(=O)O)cc1. The lowest BCUT2D eigenvalue weighted by Crippen LogP contribution is -2.39. The van der Waals surface area contributed by atoms with Gasteiger partial charge in [0.25, 0.3) is 0 Å². The van der Waals surface area contributed by atoms with Crippen LogP contribution in [-0.4, -0.2) is 35.0 Å². The number of carbonyl (C=O) groups excluding carboxylic acids is 1. The monoisotopic (exact) mass is 325 g/mol. The number of likely N-dealkylation sites (N-methyl/N-ethyl adjacent to an activating group) is 1. The Kier molecular flexibility index (Phi) is 6.13. The van der Waals surface area contributed by atoms with Crippen molar-refractivity contribution in [1.29, 1.82) is 0 Å². The van der Waals surface area contributed by atoms with E-state index in [9.17, 15) is 9.59 Å². The number of amides is 1. The fourth-order valence-corrected chi connectivity index (χ4v) is 2.71. The second-order valence-corrected chi connectivity index (χ2v) is 5.94. The number of hydrogen-bond donors (Lipinski definition) is 1. The highest BCUT2D eigenvalue weighted by Crippen LogP contribution is 2.13. The second-order valence-electron chi connectivity index (χ2n) is 5.94. The van der Waals surface area contributed by atoms with E-state index in [1.54, 1.807) is 17.0 Å². The van der Waals surface area contributed by atoms with Crippen molar-refractivity contribution in [1.82, 2.24) is 4.90 Å². The lowest BCUT2D eigenvalue weighted by atomic mass is 10.0. The van der Waals surface area contributed by atoms with Gasteiger partial charge in [-0.15, -0.1) is 0 Å². The summed E-state index contributed by atoms with van der Waals surface area (Å²) in [5.41, 5.74) is 2.27. The minimum Gasteiger partial charge on any atom is -0.478 e. The van der Waals surface area contributed by atoms with Crippen LogP contribution in [0.2, 0.25) is 0 Å². The standard InChI is InChI=1S/C20H23NO3/c1-3-18(13-15-7-5-4-6-8-15)21(2)19(22)14-16-9-11-17(12-10-16)20(23)24/h4-12,18H,3,13-14H2,1-2H3,(H,23,24). The first kappa shape index (κ1) is 17.7. The molecule has 0 radical (unpaired) electrons. The Morgan fingerprint density at radius 2 is 1.62 bits per heavy atom. The van der Waals surface area contributed by atoms with Gasteiger partial charge in [-0.3, -0.25) is 4.79 Å². The summed E-state index contributed by atoms with van der Waals surface area (Å²) in [6.07, 6.45) is 1.99. The number of benzene rings is 2. The van der Waals surface area contributed by atoms with Crippen LogP contribution in [0.3, 0.4) is 0 Å². The normalized spacial score (nSPS) is 11.8. The van der Waals surface area contributed by atoms with Crippen molar-refractivity contribution in [3.63, 3.8) is 0 Å². The summed E-state index contributed by atoms with van der Waals surface area (Å²) in [7, 11) is 1.84. The zero-order chi connectivity index (χ0) is 17.5. The number of nitrogens with zero attached hydrogens (tertiary/aromatic N) is 1.